The van der Waals surface area contributed by atoms with E-state index in [1.807, 2.05) is 0 Å². The standard InChI is InChI=1S/C7H9ClN4O/c1-4(9)7(13)10-6-3-2-5(8)11-12-6/h2-4H,9H2,1H3,(H,10,12,13)/t4-/m1/s1. The van der Waals surface area contributed by atoms with Gasteiger partial charge in [0.15, 0.2) is 11.0 Å². The molecule has 0 saturated carbocycles. The highest BCUT2D eigenvalue weighted by Crippen LogP contribution is 2.05. The van der Waals surface area contributed by atoms with Crippen molar-refractivity contribution in [3.8, 4) is 0 Å². The number of hydrogen-bond acceptors (Lipinski definition) is 4. The third-order valence-corrected chi connectivity index (χ3v) is 1.50. The molecule has 1 aromatic rings. The molecule has 0 aliphatic heterocycles. The molecule has 0 radical (unpaired) electrons. The van der Waals surface area contributed by atoms with Gasteiger partial charge < -0.3 is 11.1 Å². The Morgan fingerprint density at radius 1 is 1.62 bits per heavy atom. The minimum atomic E-state index is -0.572. The van der Waals surface area contributed by atoms with Crippen LogP contribution in [0.15, 0.2) is 12.1 Å². The van der Waals surface area contributed by atoms with Crippen LogP contribution >= 0.6 is 11.6 Å². The highest BCUT2D eigenvalue weighted by molar-refractivity contribution is 6.29. The van der Waals surface area contributed by atoms with Crippen molar-refractivity contribution in [2.75, 3.05) is 5.32 Å². The van der Waals surface area contributed by atoms with Gasteiger partial charge in [0.2, 0.25) is 5.91 Å². The fourth-order valence-corrected chi connectivity index (χ4v) is 0.724. The Balaban J connectivity index is 2.65. The van der Waals surface area contributed by atoms with E-state index in [0.29, 0.717) is 5.82 Å². The molecule has 1 amide bonds. The average molecular weight is 201 g/mol. The van der Waals surface area contributed by atoms with Crippen molar-refractivity contribution < 1.29 is 4.79 Å². The normalized spacial score (nSPS) is 12.2. The zero-order valence-electron chi connectivity index (χ0n) is 6.99. The Morgan fingerprint density at radius 3 is 2.77 bits per heavy atom. The first-order valence-corrected chi connectivity index (χ1v) is 4.03. The van der Waals surface area contributed by atoms with Crippen LogP contribution in [-0.4, -0.2) is 22.1 Å². The predicted molar refractivity (Wildman–Crippen MR) is 49.3 cm³/mol. The molecule has 0 fully saturated rings. The molecule has 13 heavy (non-hydrogen) atoms. The van der Waals surface area contributed by atoms with Crippen molar-refractivity contribution in [2.45, 2.75) is 13.0 Å². The number of carbonyl (C=O) groups is 1. The van der Waals surface area contributed by atoms with E-state index in [4.69, 9.17) is 17.3 Å². The van der Waals surface area contributed by atoms with Crippen LogP contribution in [0.2, 0.25) is 5.15 Å². The monoisotopic (exact) mass is 200 g/mol. The molecule has 1 atom stereocenters. The molecule has 0 saturated heterocycles. The minimum Gasteiger partial charge on any atom is -0.320 e. The second-order valence-electron chi connectivity index (χ2n) is 2.52. The summed E-state index contributed by atoms with van der Waals surface area (Å²) in [6, 6.07) is 2.51. The summed E-state index contributed by atoms with van der Waals surface area (Å²) in [5.74, 6) is 0.0309. The van der Waals surface area contributed by atoms with E-state index in [1.54, 1.807) is 13.0 Å². The van der Waals surface area contributed by atoms with Gasteiger partial charge in [-0.2, -0.15) is 0 Å². The first kappa shape index (κ1) is 9.88. The summed E-state index contributed by atoms with van der Waals surface area (Å²) >= 11 is 5.50. The number of nitrogens with two attached hydrogens (primary N) is 1. The summed E-state index contributed by atoms with van der Waals surface area (Å²) < 4.78 is 0. The number of aromatic nitrogens is 2. The Bertz CT molecular complexity index is 298. The van der Waals surface area contributed by atoms with Gasteiger partial charge in [0, 0.05) is 0 Å². The number of anilines is 1. The molecule has 0 aliphatic rings. The molecule has 1 rings (SSSR count). The summed E-state index contributed by atoms with van der Waals surface area (Å²) in [5.41, 5.74) is 5.33. The summed E-state index contributed by atoms with van der Waals surface area (Å²) in [6.45, 7) is 1.58. The maximum atomic E-state index is 11.1. The van der Waals surface area contributed by atoms with Crippen molar-refractivity contribution in [2.24, 2.45) is 5.73 Å². The number of rotatable bonds is 2. The van der Waals surface area contributed by atoms with Crippen LogP contribution in [0.3, 0.4) is 0 Å². The van der Waals surface area contributed by atoms with E-state index >= 15 is 0 Å². The van der Waals surface area contributed by atoms with Crippen molar-refractivity contribution in [1.29, 1.82) is 0 Å². The number of halogens is 1. The van der Waals surface area contributed by atoms with Gasteiger partial charge in [0.25, 0.3) is 0 Å². The smallest absolute Gasteiger partial charge is 0.242 e. The zero-order valence-corrected chi connectivity index (χ0v) is 7.75. The molecule has 0 aliphatic carbocycles. The lowest BCUT2D eigenvalue weighted by atomic mass is 10.3. The molecule has 0 bridgehead atoms. The predicted octanol–water partition coefficient (Wildman–Crippen LogP) is 0.416. The van der Waals surface area contributed by atoms with Crippen molar-refractivity contribution in [3.05, 3.63) is 17.3 Å². The van der Waals surface area contributed by atoms with E-state index < -0.39 is 6.04 Å². The molecule has 0 spiro atoms. The van der Waals surface area contributed by atoms with Gasteiger partial charge in [-0.1, -0.05) is 11.6 Å². The molecule has 1 aromatic heterocycles. The molecule has 6 heteroatoms. The van der Waals surface area contributed by atoms with E-state index in [2.05, 4.69) is 15.5 Å². The molecule has 0 aromatic carbocycles. The highest BCUT2D eigenvalue weighted by atomic mass is 35.5. The van der Waals surface area contributed by atoms with E-state index in [-0.39, 0.29) is 11.1 Å². The van der Waals surface area contributed by atoms with E-state index in [9.17, 15) is 4.79 Å². The zero-order chi connectivity index (χ0) is 9.84. The van der Waals surface area contributed by atoms with Crippen molar-refractivity contribution in [3.63, 3.8) is 0 Å². The number of hydrogen-bond donors (Lipinski definition) is 2. The van der Waals surface area contributed by atoms with Crippen LogP contribution in [0.25, 0.3) is 0 Å². The van der Waals surface area contributed by atoms with Crippen LogP contribution in [0.1, 0.15) is 6.92 Å². The Labute approximate surface area is 80.3 Å². The molecular formula is C7H9ClN4O. The fraction of sp³-hybridized carbons (Fsp3) is 0.286. The van der Waals surface area contributed by atoms with Gasteiger partial charge >= 0.3 is 0 Å². The highest BCUT2D eigenvalue weighted by Gasteiger charge is 2.07. The maximum absolute atomic E-state index is 11.1. The van der Waals surface area contributed by atoms with Crippen LogP contribution in [0.5, 0.6) is 0 Å². The first-order valence-electron chi connectivity index (χ1n) is 3.65. The van der Waals surface area contributed by atoms with E-state index in [1.165, 1.54) is 6.07 Å². The number of carbonyl (C=O) groups excluding carboxylic acids is 1. The number of nitrogens with zero attached hydrogens (tertiary/aromatic N) is 2. The van der Waals surface area contributed by atoms with Gasteiger partial charge in [-0.15, -0.1) is 10.2 Å². The lowest BCUT2D eigenvalue weighted by molar-refractivity contribution is -0.117. The Morgan fingerprint density at radius 2 is 2.31 bits per heavy atom. The quantitative estimate of drug-likeness (QED) is 0.725. The van der Waals surface area contributed by atoms with Gasteiger partial charge in [-0.05, 0) is 19.1 Å². The summed E-state index contributed by atoms with van der Waals surface area (Å²) in [5, 5.41) is 9.93. The van der Waals surface area contributed by atoms with Crippen molar-refractivity contribution >= 4 is 23.3 Å². The summed E-state index contributed by atoms with van der Waals surface area (Å²) in [4.78, 5) is 11.1. The Hall–Kier alpha value is -1.20. The Kier molecular flexibility index (Phi) is 3.16. The van der Waals surface area contributed by atoms with Gasteiger partial charge in [0.05, 0.1) is 6.04 Å². The molecule has 3 N–H and O–H groups in total. The van der Waals surface area contributed by atoms with Crippen LogP contribution in [0.4, 0.5) is 5.82 Å². The lowest BCUT2D eigenvalue weighted by Crippen LogP contribution is -2.32. The van der Waals surface area contributed by atoms with Crippen molar-refractivity contribution in [1.82, 2.24) is 10.2 Å². The topological polar surface area (TPSA) is 80.9 Å². The molecule has 5 nitrogen and oxygen atoms in total. The largest absolute Gasteiger partial charge is 0.320 e. The number of amides is 1. The second-order valence-corrected chi connectivity index (χ2v) is 2.91. The van der Waals surface area contributed by atoms with Crippen LogP contribution < -0.4 is 11.1 Å². The molecule has 70 valence electrons. The van der Waals surface area contributed by atoms with Gasteiger partial charge in [-0.25, -0.2) is 0 Å². The second kappa shape index (κ2) is 4.15. The summed E-state index contributed by atoms with van der Waals surface area (Å²) in [6.07, 6.45) is 0. The average Bonchev–Trinajstić information content (AvgIpc) is 2.08. The molecule has 1 heterocycles. The maximum Gasteiger partial charge on any atom is 0.242 e. The minimum absolute atomic E-state index is 0.277. The first-order chi connectivity index (χ1) is 6.09. The molecular weight excluding hydrogens is 192 g/mol. The van der Waals surface area contributed by atoms with Crippen LogP contribution in [-0.2, 0) is 4.79 Å². The lowest BCUT2D eigenvalue weighted by Gasteiger charge is -2.05. The SMILES string of the molecule is C[C@@H](N)C(=O)Nc1ccc(Cl)nn1. The fourth-order valence-electron chi connectivity index (χ4n) is 0.623. The third kappa shape index (κ3) is 2.96. The molecule has 0 unspecified atom stereocenters. The van der Waals surface area contributed by atoms with Gasteiger partial charge in [0.1, 0.15) is 0 Å². The summed E-state index contributed by atoms with van der Waals surface area (Å²) in [7, 11) is 0. The van der Waals surface area contributed by atoms with Crippen LogP contribution in [0, 0.1) is 0 Å². The van der Waals surface area contributed by atoms with E-state index in [0.717, 1.165) is 0 Å². The van der Waals surface area contributed by atoms with Gasteiger partial charge in [-0.3, -0.25) is 4.79 Å². The number of nitrogens with one attached hydrogen (secondary N) is 1. The third-order valence-electron chi connectivity index (χ3n) is 1.30.